The maximum absolute atomic E-state index is 3.63. The summed E-state index contributed by atoms with van der Waals surface area (Å²) in [6.07, 6.45) is 5.45. The van der Waals surface area contributed by atoms with Crippen molar-refractivity contribution < 1.29 is 0 Å². The highest BCUT2D eigenvalue weighted by molar-refractivity contribution is 8.00. The van der Waals surface area contributed by atoms with Crippen LogP contribution in [-0.4, -0.2) is 47.1 Å². The van der Waals surface area contributed by atoms with Crippen molar-refractivity contribution in [2.75, 3.05) is 25.4 Å². The Balaban J connectivity index is 1.68. The molecule has 1 N–H and O–H groups in total. The Morgan fingerprint density at radius 2 is 2.12 bits per heavy atom. The van der Waals surface area contributed by atoms with Gasteiger partial charge in [0.05, 0.1) is 0 Å². The number of thioether (sulfide) groups is 1. The molecule has 1 saturated heterocycles. The van der Waals surface area contributed by atoms with E-state index in [1.165, 1.54) is 51.1 Å². The van der Waals surface area contributed by atoms with Gasteiger partial charge >= 0.3 is 0 Å². The maximum atomic E-state index is 3.63. The second-order valence-corrected chi connectivity index (χ2v) is 8.06. The molecule has 3 heteroatoms. The Morgan fingerprint density at radius 1 is 1.35 bits per heavy atom. The third kappa shape index (κ3) is 4.80. The SMILES string of the molecule is CC(CCNC1CC1)N1CCSC(C)(C)CC1. The number of hydrogen-bond acceptors (Lipinski definition) is 3. The molecular weight excluding hydrogens is 228 g/mol. The Morgan fingerprint density at radius 3 is 2.82 bits per heavy atom. The van der Waals surface area contributed by atoms with Gasteiger partial charge in [-0.2, -0.15) is 11.8 Å². The Bertz CT molecular complexity index is 238. The molecule has 1 unspecified atom stereocenters. The largest absolute Gasteiger partial charge is 0.314 e. The molecule has 0 radical (unpaired) electrons. The van der Waals surface area contributed by atoms with Gasteiger partial charge in [0, 0.05) is 29.1 Å². The van der Waals surface area contributed by atoms with Crippen molar-refractivity contribution >= 4 is 11.8 Å². The van der Waals surface area contributed by atoms with E-state index in [9.17, 15) is 0 Å². The number of rotatable bonds is 5. The van der Waals surface area contributed by atoms with Crippen LogP contribution < -0.4 is 5.32 Å². The second-order valence-electron chi connectivity index (χ2n) is 6.26. The van der Waals surface area contributed by atoms with Crippen LogP contribution in [0.4, 0.5) is 0 Å². The summed E-state index contributed by atoms with van der Waals surface area (Å²) in [7, 11) is 0. The van der Waals surface area contributed by atoms with Crippen LogP contribution in [0.5, 0.6) is 0 Å². The normalized spacial score (nSPS) is 27.7. The third-order valence-electron chi connectivity index (χ3n) is 4.07. The fourth-order valence-electron chi connectivity index (χ4n) is 2.44. The van der Waals surface area contributed by atoms with Crippen LogP contribution in [0.1, 0.15) is 46.5 Å². The van der Waals surface area contributed by atoms with E-state index in [4.69, 9.17) is 0 Å². The van der Waals surface area contributed by atoms with Gasteiger partial charge in [-0.25, -0.2) is 0 Å². The van der Waals surface area contributed by atoms with Crippen molar-refractivity contribution in [3.63, 3.8) is 0 Å². The summed E-state index contributed by atoms with van der Waals surface area (Å²) in [5, 5.41) is 3.63. The minimum atomic E-state index is 0.487. The van der Waals surface area contributed by atoms with Gasteiger partial charge in [0.15, 0.2) is 0 Å². The molecule has 2 fully saturated rings. The van der Waals surface area contributed by atoms with Crippen LogP contribution in [-0.2, 0) is 0 Å². The van der Waals surface area contributed by atoms with Gasteiger partial charge in [-0.1, -0.05) is 13.8 Å². The van der Waals surface area contributed by atoms with Crippen LogP contribution in [0, 0.1) is 0 Å². The molecule has 1 atom stereocenters. The zero-order chi connectivity index (χ0) is 12.3. The van der Waals surface area contributed by atoms with E-state index in [-0.39, 0.29) is 0 Å². The number of nitrogens with one attached hydrogen (secondary N) is 1. The molecule has 100 valence electrons. The lowest BCUT2D eigenvalue weighted by Crippen LogP contribution is -2.37. The van der Waals surface area contributed by atoms with Gasteiger partial charge in [0.25, 0.3) is 0 Å². The lowest BCUT2D eigenvalue weighted by atomic mass is 10.1. The average Bonchev–Trinajstić information content (AvgIpc) is 3.06. The molecule has 2 rings (SSSR count). The highest BCUT2D eigenvalue weighted by Gasteiger charge is 2.26. The number of hydrogen-bond donors (Lipinski definition) is 1. The van der Waals surface area contributed by atoms with Crippen molar-refractivity contribution in [1.82, 2.24) is 10.2 Å². The first-order valence-electron chi connectivity index (χ1n) is 7.18. The standard InChI is InChI=1S/C14H28N2S/c1-12(6-8-15-13-4-5-13)16-9-7-14(2,3)17-11-10-16/h12-13,15H,4-11H2,1-3H3. The highest BCUT2D eigenvalue weighted by Crippen LogP contribution is 2.31. The van der Waals surface area contributed by atoms with Crippen LogP contribution in [0.3, 0.4) is 0 Å². The fraction of sp³-hybridized carbons (Fsp3) is 1.00. The molecular formula is C14H28N2S. The summed E-state index contributed by atoms with van der Waals surface area (Å²) in [5.74, 6) is 1.30. The van der Waals surface area contributed by atoms with Crippen molar-refractivity contribution in [2.24, 2.45) is 0 Å². The summed E-state index contributed by atoms with van der Waals surface area (Å²) in [6.45, 7) is 10.9. The molecule has 0 bridgehead atoms. The predicted molar refractivity (Wildman–Crippen MR) is 77.8 cm³/mol. The fourth-order valence-corrected chi connectivity index (χ4v) is 3.56. The summed E-state index contributed by atoms with van der Waals surface area (Å²) in [5.41, 5.74) is 0. The lowest BCUT2D eigenvalue weighted by molar-refractivity contribution is 0.207. The zero-order valence-corrected chi connectivity index (χ0v) is 12.5. The number of nitrogens with zero attached hydrogens (tertiary/aromatic N) is 1. The minimum absolute atomic E-state index is 0.487. The van der Waals surface area contributed by atoms with Gasteiger partial charge in [0.2, 0.25) is 0 Å². The van der Waals surface area contributed by atoms with Crippen molar-refractivity contribution in [3.8, 4) is 0 Å². The molecule has 2 aliphatic rings. The Kier molecular flexibility index (Phi) is 4.79. The van der Waals surface area contributed by atoms with E-state index in [0.717, 1.165) is 12.1 Å². The topological polar surface area (TPSA) is 15.3 Å². The van der Waals surface area contributed by atoms with E-state index in [0.29, 0.717) is 4.75 Å². The van der Waals surface area contributed by atoms with Crippen molar-refractivity contribution in [3.05, 3.63) is 0 Å². The zero-order valence-electron chi connectivity index (χ0n) is 11.7. The van der Waals surface area contributed by atoms with Crippen LogP contribution in [0.15, 0.2) is 0 Å². The molecule has 0 aromatic rings. The molecule has 2 nitrogen and oxygen atoms in total. The van der Waals surface area contributed by atoms with Crippen molar-refractivity contribution in [1.29, 1.82) is 0 Å². The van der Waals surface area contributed by atoms with E-state index < -0.39 is 0 Å². The van der Waals surface area contributed by atoms with Crippen LogP contribution >= 0.6 is 11.8 Å². The van der Waals surface area contributed by atoms with Gasteiger partial charge in [-0.05, 0) is 45.7 Å². The summed E-state index contributed by atoms with van der Waals surface area (Å²) < 4.78 is 0.487. The minimum Gasteiger partial charge on any atom is -0.314 e. The molecule has 0 amide bonds. The molecule has 17 heavy (non-hydrogen) atoms. The second kappa shape index (κ2) is 5.94. The maximum Gasteiger partial charge on any atom is 0.0116 e. The third-order valence-corrected chi connectivity index (χ3v) is 5.44. The van der Waals surface area contributed by atoms with Gasteiger partial charge in [-0.3, -0.25) is 4.90 Å². The molecule has 0 aromatic carbocycles. The molecule has 1 aliphatic heterocycles. The molecule has 0 spiro atoms. The van der Waals surface area contributed by atoms with E-state index in [1.54, 1.807) is 0 Å². The first-order valence-corrected chi connectivity index (χ1v) is 8.17. The van der Waals surface area contributed by atoms with Crippen molar-refractivity contribution in [2.45, 2.75) is 63.3 Å². The smallest absolute Gasteiger partial charge is 0.0116 e. The molecule has 1 heterocycles. The summed E-state index contributed by atoms with van der Waals surface area (Å²) >= 11 is 2.14. The predicted octanol–water partition coefficient (Wildman–Crippen LogP) is 2.73. The quantitative estimate of drug-likeness (QED) is 0.814. The van der Waals surface area contributed by atoms with Crippen LogP contribution in [0.2, 0.25) is 0 Å². The summed E-state index contributed by atoms with van der Waals surface area (Å²) in [4.78, 5) is 2.69. The first-order chi connectivity index (χ1) is 8.07. The highest BCUT2D eigenvalue weighted by atomic mass is 32.2. The van der Waals surface area contributed by atoms with E-state index in [2.05, 4.69) is 42.7 Å². The Hall–Kier alpha value is 0.270. The average molecular weight is 256 g/mol. The van der Waals surface area contributed by atoms with E-state index >= 15 is 0 Å². The summed E-state index contributed by atoms with van der Waals surface area (Å²) in [6, 6.07) is 1.61. The molecule has 1 saturated carbocycles. The lowest BCUT2D eigenvalue weighted by Gasteiger charge is -2.28. The molecule has 0 aromatic heterocycles. The van der Waals surface area contributed by atoms with Crippen LogP contribution in [0.25, 0.3) is 0 Å². The van der Waals surface area contributed by atoms with Gasteiger partial charge in [0.1, 0.15) is 0 Å². The Labute approximate surface area is 111 Å². The first kappa shape index (κ1) is 13.7. The monoisotopic (exact) mass is 256 g/mol. The van der Waals surface area contributed by atoms with Gasteiger partial charge < -0.3 is 5.32 Å². The van der Waals surface area contributed by atoms with E-state index in [1.807, 2.05) is 0 Å². The van der Waals surface area contributed by atoms with Gasteiger partial charge in [-0.15, -0.1) is 0 Å². The molecule has 1 aliphatic carbocycles.